The summed E-state index contributed by atoms with van der Waals surface area (Å²) in [6, 6.07) is 8.28. The first-order valence-corrected chi connectivity index (χ1v) is 8.89. The van der Waals surface area contributed by atoms with Gasteiger partial charge in [-0.2, -0.15) is 0 Å². The van der Waals surface area contributed by atoms with Crippen LogP contribution in [-0.4, -0.2) is 39.6 Å². The minimum atomic E-state index is 0. The molecule has 2 aromatic heterocycles. The zero-order chi connectivity index (χ0) is 17.7. The molecule has 0 aliphatic rings. The van der Waals surface area contributed by atoms with Crippen LogP contribution in [0.5, 0.6) is 0 Å². The number of hydrogen-bond donors (Lipinski definition) is 0. The minimum Gasteiger partial charge on any atom is -1.00 e. The lowest BCUT2D eigenvalue weighted by atomic mass is 10.3. The molecular weight excluding hydrogens is 387 g/mol. The number of halogens is 2. The van der Waals surface area contributed by atoms with Crippen LogP contribution >= 0.6 is 12.4 Å². The van der Waals surface area contributed by atoms with Crippen molar-refractivity contribution in [2.75, 3.05) is 39.6 Å². The summed E-state index contributed by atoms with van der Waals surface area (Å²) in [5.74, 6) is 0. The molecule has 0 spiro atoms. The predicted octanol–water partition coefficient (Wildman–Crippen LogP) is -0.946. The third-order valence-corrected chi connectivity index (χ3v) is 3.74. The third kappa shape index (κ3) is 12.0. The van der Waals surface area contributed by atoms with Gasteiger partial charge in [0.25, 0.3) is 0 Å². The smallest absolute Gasteiger partial charge is 0.171 e. The highest BCUT2D eigenvalue weighted by Gasteiger charge is 2.01. The van der Waals surface area contributed by atoms with Crippen molar-refractivity contribution < 1.29 is 35.8 Å². The molecule has 0 fully saturated rings. The first-order chi connectivity index (χ1) is 12.2. The summed E-state index contributed by atoms with van der Waals surface area (Å²) in [5.41, 5.74) is 2.51. The van der Waals surface area contributed by atoms with E-state index in [1.165, 1.54) is 11.1 Å². The van der Waals surface area contributed by atoms with Crippen molar-refractivity contribution in [1.29, 1.82) is 0 Å². The standard InChI is InChI=1S/C20H30N2O3.2ClH/c1-19-5-3-7-21(17-19)9-11-23-13-15-25-16-14-24-12-10-22-8-4-6-20(2)18-22;;/h3-8,17-18H,9-16H2,1-2H3;2*1H/q+2;;/p-1. The van der Waals surface area contributed by atoms with Crippen molar-refractivity contribution >= 4 is 12.4 Å². The highest BCUT2D eigenvalue weighted by molar-refractivity contribution is 5.85. The Kier molecular flexibility index (Phi) is 15.1. The van der Waals surface area contributed by atoms with Gasteiger partial charge in [-0.3, -0.25) is 0 Å². The van der Waals surface area contributed by atoms with Gasteiger partial charge in [0.1, 0.15) is 13.2 Å². The Bertz CT molecular complexity index is 576. The molecule has 27 heavy (non-hydrogen) atoms. The summed E-state index contributed by atoms with van der Waals surface area (Å²) in [5, 5.41) is 0. The molecule has 5 nitrogen and oxygen atoms in total. The average Bonchev–Trinajstić information content (AvgIpc) is 2.60. The summed E-state index contributed by atoms with van der Waals surface area (Å²) in [7, 11) is 0. The van der Waals surface area contributed by atoms with E-state index in [0.717, 1.165) is 13.1 Å². The molecular formula is C20H31Cl2N2O3+. The van der Waals surface area contributed by atoms with E-state index in [0.29, 0.717) is 39.6 Å². The van der Waals surface area contributed by atoms with Gasteiger partial charge in [-0.25, -0.2) is 9.13 Å². The van der Waals surface area contributed by atoms with E-state index < -0.39 is 0 Å². The summed E-state index contributed by atoms with van der Waals surface area (Å²) in [6.07, 6.45) is 8.34. The van der Waals surface area contributed by atoms with Gasteiger partial charge in [0.2, 0.25) is 0 Å². The van der Waals surface area contributed by atoms with E-state index in [9.17, 15) is 0 Å². The molecule has 0 saturated heterocycles. The van der Waals surface area contributed by atoms with E-state index in [1.807, 2.05) is 0 Å². The zero-order valence-electron chi connectivity index (χ0n) is 16.2. The molecule has 2 aromatic rings. The lowest BCUT2D eigenvalue weighted by Crippen LogP contribution is -3.00. The number of pyridine rings is 2. The maximum absolute atomic E-state index is 5.58. The van der Waals surface area contributed by atoms with Gasteiger partial charge in [-0.05, 0) is 26.0 Å². The van der Waals surface area contributed by atoms with Gasteiger partial charge in [-0.15, -0.1) is 12.4 Å². The topological polar surface area (TPSA) is 35.5 Å². The molecule has 0 saturated carbocycles. The van der Waals surface area contributed by atoms with Crippen LogP contribution in [0.3, 0.4) is 0 Å². The number of aryl methyl sites for hydroxylation is 2. The molecule has 0 N–H and O–H groups in total. The molecule has 0 amide bonds. The molecule has 2 heterocycles. The first-order valence-electron chi connectivity index (χ1n) is 8.89. The summed E-state index contributed by atoms with van der Waals surface area (Å²) >= 11 is 0. The number of aromatic nitrogens is 2. The van der Waals surface area contributed by atoms with E-state index >= 15 is 0 Å². The Hall–Kier alpha value is -1.24. The SMILES string of the molecule is Cc1ccc[n+](CCOCCOCCOCC[n+]2cccc(C)c2)c1.Cl.[Cl-]. The first kappa shape index (κ1) is 25.8. The molecule has 0 aliphatic carbocycles. The van der Waals surface area contributed by atoms with Gasteiger partial charge in [-0.1, -0.05) is 0 Å². The van der Waals surface area contributed by atoms with E-state index in [-0.39, 0.29) is 24.8 Å². The maximum Gasteiger partial charge on any atom is 0.171 e. The third-order valence-electron chi connectivity index (χ3n) is 3.74. The zero-order valence-corrected chi connectivity index (χ0v) is 17.8. The molecule has 0 radical (unpaired) electrons. The molecule has 0 aliphatic heterocycles. The van der Waals surface area contributed by atoms with Crippen molar-refractivity contribution in [2.24, 2.45) is 0 Å². The van der Waals surface area contributed by atoms with Crippen molar-refractivity contribution in [3.05, 3.63) is 60.2 Å². The molecule has 7 heteroatoms. The van der Waals surface area contributed by atoms with Crippen LogP contribution in [0.15, 0.2) is 49.1 Å². The Morgan fingerprint density at radius 2 is 1.04 bits per heavy atom. The second kappa shape index (κ2) is 15.8. The van der Waals surface area contributed by atoms with Crippen LogP contribution in [-0.2, 0) is 27.3 Å². The largest absolute Gasteiger partial charge is 1.00 e. The lowest BCUT2D eigenvalue weighted by Gasteiger charge is -2.05. The Labute approximate surface area is 175 Å². The van der Waals surface area contributed by atoms with Crippen LogP contribution in [0.2, 0.25) is 0 Å². The summed E-state index contributed by atoms with van der Waals surface area (Å²) < 4.78 is 21.0. The maximum atomic E-state index is 5.58. The van der Waals surface area contributed by atoms with Crippen LogP contribution in [0, 0.1) is 13.8 Å². The minimum absolute atomic E-state index is 0. The fourth-order valence-electron chi connectivity index (χ4n) is 2.47. The van der Waals surface area contributed by atoms with E-state index in [1.54, 1.807) is 0 Å². The number of rotatable bonds is 12. The molecule has 0 aromatic carbocycles. The lowest BCUT2D eigenvalue weighted by molar-refractivity contribution is -0.698. The molecule has 0 unspecified atom stereocenters. The number of nitrogens with zero attached hydrogens (tertiary/aromatic N) is 2. The van der Waals surface area contributed by atoms with Crippen LogP contribution in [0.25, 0.3) is 0 Å². The van der Waals surface area contributed by atoms with Crippen molar-refractivity contribution in [1.82, 2.24) is 0 Å². The van der Waals surface area contributed by atoms with E-state index in [4.69, 9.17) is 14.2 Å². The Morgan fingerprint density at radius 3 is 1.41 bits per heavy atom. The second-order valence-electron chi connectivity index (χ2n) is 6.08. The van der Waals surface area contributed by atoms with Gasteiger partial charge < -0.3 is 26.6 Å². The number of ether oxygens (including phenoxy) is 3. The molecule has 152 valence electrons. The monoisotopic (exact) mass is 417 g/mol. The molecule has 2 rings (SSSR count). The van der Waals surface area contributed by atoms with E-state index in [2.05, 4.69) is 72.0 Å². The van der Waals surface area contributed by atoms with Crippen molar-refractivity contribution in [3.63, 3.8) is 0 Å². The van der Waals surface area contributed by atoms with Gasteiger partial charge >= 0.3 is 0 Å². The molecule has 0 bridgehead atoms. The normalized spacial score (nSPS) is 10.1. The van der Waals surface area contributed by atoms with Crippen molar-refractivity contribution in [2.45, 2.75) is 26.9 Å². The van der Waals surface area contributed by atoms with Gasteiger partial charge in [0.15, 0.2) is 37.9 Å². The fraction of sp³-hybridized carbons (Fsp3) is 0.500. The van der Waals surface area contributed by atoms with Gasteiger partial charge in [0, 0.05) is 23.3 Å². The second-order valence-corrected chi connectivity index (χ2v) is 6.08. The fourth-order valence-corrected chi connectivity index (χ4v) is 2.47. The quantitative estimate of drug-likeness (QED) is 0.330. The Morgan fingerprint density at radius 1 is 0.667 bits per heavy atom. The average molecular weight is 418 g/mol. The van der Waals surface area contributed by atoms with Crippen LogP contribution < -0.4 is 21.5 Å². The summed E-state index contributed by atoms with van der Waals surface area (Å²) in [4.78, 5) is 0. The molecule has 0 atom stereocenters. The number of hydrogen-bond acceptors (Lipinski definition) is 3. The Balaban J connectivity index is 0.00000338. The van der Waals surface area contributed by atoms with Crippen LogP contribution in [0.1, 0.15) is 11.1 Å². The summed E-state index contributed by atoms with van der Waals surface area (Å²) in [6.45, 7) is 9.74. The van der Waals surface area contributed by atoms with Crippen LogP contribution in [0.4, 0.5) is 0 Å². The highest BCUT2D eigenvalue weighted by Crippen LogP contribution is 1.90. The predicted molar refractivity (Wildman–Crippen MR) is 102 cm³/mol. The van der Waals surface area contributed by atoms with Crippen molar-refractivity contribution in [3.8, 4) is 0 Å². The highest BCUT2D eigenvalue weighted by atomic mass is 35.5. The van der Waals surface area contributed by atoms with Gasteiger partial charge in [0.05, 0.1) is 26.4 Å².